The fraction of sp³-hybridized carbons (Fsp3) is 0.682. The zero-order valence-electron chi connectivity index (χ0n) is 18.5. The number of hydrogen-bond donors (Lipinski definition) is 1. The van der Waals surface area contributed by atoms with Gasteiger partial charge < -0.3 is 15.0 Å². The minimum Gasteiger partial charge on any atom is -0.370 e. The van der Waals surface area contributed by atoms with Gasteiger partial charge in [0.2, 0.25) is 0 Å². The SMILES string of the molecule is CCNC(=NCC1CCN(CC(F)(F)F)C1)N1CCOC(c2ccc(C)cc2C)C1.I. The summed E-state index contributed by atoms with van der Waals surface area (Å²) in [6, 6.07) is 6.41. The zero-order chi connectivity index (χ0) is 21.7. The van der Waals surface area contributed by atoms with E-state index >= 15 is 0 Å². The molecule has 1 aromatic rings. The molecule has 0 aliphatic carbocycles. The Bertz CT molecular complexity index is 744. The maximum absolute atomic E-state index is 12.6. The lowest BCUT2D eigenvalue weighted by molar-refractivity contribution is -0.143. The molecule has 2 heterocycles. The molecule has 0 amide bonds. The van der Waals surface area contributed by atoms with Crippen molar-refractivity contribution in [2.24, 2.45) is 10.9 Å². The molecule has 3 rings (SSSR count). The van der Waals surface area contributed by atoms with Gasteiger partial charge in [0.15, 0.2) is 5.96 Å². The van der Waals surface area contributed by atoms with Crippen LogP contribution >= 0.6 is 24.0 Å². The molecule has 0 bridgehead atoms. The lowest BCUT2D eigenvalue weighted by atomic mass is 10.00. The highest BCUT2D eigenvalue weighted by Crippen LogP contribution is 2.26. The van der Waals surface area contributed by atoms with Crippen LogP contribution in [0.3, 0.4) is 0 Å². The largest absolute Gasteiger partial charge is 0.401 e. The van der Waals surface area contributed by atoms with Gasteiger partial charge in [-0.15, -0.1) is 24.0 Å². The Morgan fingerprint density at radius 1 is 1.23 bits per heavy atom. The van der Waals surface area contributed by atoms with Crippen molar-refractivity contribution in [3.05, 3.63) is 34.9 Å². The fourth-order valence-corrected chi connectivity index (χ4v) is 4.32. The second-order valence-electron chi connectivity index (χ2n) is 8.37. The molecule has 5 nitrogen and oxygen atoms in total. The van der Waals surface area contributed by atoms with Crippen LogP contribution in [0.4, 0.5) is 13.2 Å². The average molecular weight is 554 g/mol. The van der Waals surface area contributed by atoms with Crippen molar-refractivity contribution in [1.29, 1.82) is 0 Å². The first-order valence-corrected chi connectivity index (χ1v) is 10.8. The molecule has 0 aromatic heterocycles. The molecule has 176 valence electrons. The predicted molar refractivity (Wildman–Crippen MR) is 128 cm³/mol. The Balaban J connectivity index is 0.00000341. The summed E-state index contributed by atoms with van der Waals surface area (Å²) in [7, 11) is 0. The first-order chi connectivity index (χ1) is 14.2. The number of benzene rings is 1. The van der Waals surface area contributed by atoms with E-state index in [1.807, 2.05) is 6.92 Å². The van der Waals surface area contributed by atoms with Crippen LogP contribution in [0.15, 0.2) is 23.2 Å². The summed E-state index contributed by atoms with van der Waals surface area (Å²) in [6.45, 7) is 9.70. The van der Waals surface area contributed by atoms with E-state index in [4.69, 9.17) is 9.73 Å². The Kier molecular flexibility index (Phi) is 9.88. The van der Waals surface area contributed by atoms with Gasteiger partial charge in [-0.05, 0) is 50.8 Å². The smallest absolute Gasteiger partial charge is 0.370 e. The molecule has 2 aliphatic heterocycles. The highest BCUT2D eigenvalue weighted by atomic mass is 127. The highest BCUT2D eigenvalue weighted by Gasteiger charge is 2.34. The molecular formula is C22H34F3IN4O. The van der Waals surface area contributed by atoms with Crippen LogP contribution in [0.2, 0.25) is 0 Å². The number of likely N-dealkylation sites (tertiary alicyclic amines) is 1. The van der Waals surface area contributed by atoms with Crippen molar-refractivity contribution in [2.45, 2.75) is 39.5 Å². The topological polar surface area (TPSA) is 40.1 Å². The maximum Gasteiger partial charge on any atom is 0.401 e. The molecule has 2 aliphatic rings. The number of morpholine rings is 1. The number of aryl methyl sites for hydroxylation is 2. The molecule has 0 radical (unpaired) electrons. The van der Waals surface area contributed by atoms with E-state index in [-0.39, 0.29) is 36.0 Å². The van der Waals surface area contributed by atoms with Gasteiger partial charge in [-0.1, -0.05) is 23.8 Å². The summed E-state index contributed by atoms with van der Waals surface area (Å²) in [5.74, 6) is 0.988. The summed E-state index contributed by atoms with van der Waals surface area (Å²) in [5.41, 5.74) is 3.65. The van der Waals surface area contributed by atoms with Crippen molar-refractivity contribution >= 4 is 29.9 Å². The fourth-order valence-electron chi connectivity index (χ4n) is 4.32. The number of hydrogen-bond acceptors (Lipinski definition) is 3. The van der Waals surface area contributed by atoms with Crippen molar-refractivity contribution in [3.8, 4) is 0 Å². The highest BCUT2D eigenvalue weighted by molar-refractivity contribution is 14.0. The minimum atomic E-state index is -4.13. The summed E-state index contributed by atoms with van der Waals surface area (Å²) in [6.07, 6.45) is -3.39. The van der Waals surface area contributed by atoms with Crippen LogP contribution in [0.1, 0.15) is 36.1 Å². The van der Waals surface area contributed by atoms with Crippen LogP contribution in [-0.4, -0.2) is 74.4 Å². The van der Waals surface area contributed by atoms with E-state index in [2.05, 4.69) is 42.3 Å². The molecule has 31 heavy (non-hydrogen) atoms. The van der Waals surface area contributed by atoms with Crippen LogP contribution < -0.4 is 5.32 Å². The van der Waals surface area contributed by atoms with Crippen LogP contribution in [0.5, 0.6) is 0 Å². The van der Waals surface area contributed by atoms with E-state index in [0.29, 0.717) is 32.8 Å². The van der Waals surface area contributed by atoms with E-state index in [1.165, 1.54) is 21.6 Å². The summed E-state index contributed by atoms with van der Waals surface area (Å²) in [5, 5.41) is 3.35. The number of nitrogens with one attached hydrogen (secondary N) is 1. The molecule has 0 saturated carbocycles. The first-order valence-electron chi connectivity index (χ1n) is 10.8. The lowest BCUT2D eigenvalue weighted by Gasteiger charge is -2.36. The number of ether oxygens (including phenoxy) is 1. The van der Waals surface area contributed by atoms with E-state index in [9.17, 15) is 13.2 Å². The molecule has 2 atom stereocenters. The number of nitrogens with zero attached hydrogens (tertiary/aromatic N) is 3. The maximum atomic E-state index is 12.6. The van der Waals surface area contributed by atoms with E-state index in [0.717, 1.165) is 25.5 Å². The molecule has 2 saturated heterocycles. The Labute approximate surface area is 200 Å². The summed E-state index contributed by atoms with van der Waals surface area (Å²) >= 11 is 0. The molecule has 9 heteroatoms. The third-order valence-electron chi connectivity index (χ3n) is 5.75. The van der Waals surface area contributed by atoms with E-state index in [1.54, 1.807) is 0 Å². The van der Waals surface area contributed by atoms with Gasteiger partial charge >= 0.3 is 6.18 Å². The minimum absolute atomic E-state index is 0. The van der Waals surface area contributed by atoms with Crippen LogP contribution in [0, 0.1) is 19.8 Å². The standard InChI is InChI=1S/C22H33F3N4O.HI/c1-4-26-21(27-12-18-7-8-28(13-18)15-22(23,24)25)29-9-10-30-20(14-29)19-6-5-16(2)11-17(19)3;/h5-6,11,18,20H,4,7-10,12-15H2,1-3H3,(H,26,27);1H. The van der Waals surface area contributed by atoms with Gasteiger partial charge in [-0.3, -0.25) is 9.89 Å². The van der Waals surface area contributed by atoms with Crippen molar-refractivity contribution in [3.63, 3.8) is 0 Å². The van der Waals surface area contributed by atoms with E-state index < -0.39 is 12.7 Å². The normalized spacial score (nSPS) is 23.0. The molecule has 1 aromatic carbocycles. The predicted octanol–water partition coefficient (Wildman–Crippen LogP) is 4.14. The zero-order valence-corrected chi connectivity index (χ0v) is 20.9. The second kappa shape index (κ2) is 11.7. The Morgan fingerprint density at radius 3 is 2.68 bits per heavy atom. The van der Waals surface area contributed by atoms with Gasteiger partial charge in [0.25, 0.3) is 0 Å². The number of halogens is 4. The molecule has 2 fully saturated rings. The quantitative estimate of drug-likeness (QED) is 0.338. The Hall–Kier alpha value is -1.07. The monoisotopic (exact) mass is 554 g/mol. The molecular weight excluding hydrogens is 520 g/mol. The number of rotatable bonds is 5. The second-order valence-corrected chi connectivity index (χ2v) is 8.37. The average Bonchev–Trinajstić information content (AvgIpc) is 3.10. The van der Waals surface area contributed by atoms with Gasteiger partial charge in [-0.25, -0.2) is 0 Å². The lowest BCUT2D eigenvalue weighted by Crippen LogP contribution is -2.48. The van der Waals surface area contributed by atoms with Crippen LogP contribution in [0.25, 0.3) is 0 Å². The summed E-state index contributed by atoms with van der Waals surface area (Å²) in [4.78, 5) is 8.47. The Morgan fingerprint density at radius 2 is 2.00 bits per heavy atom. The summed E-state index contributed by atoms with van der Waals surface area (Å²) < 4.78 is 43.9. The number of guanidine groups is 1. The third-order valence-corrected chi connectivity index (χ3v) is 5.75. The van der Waals surface area contributed by atoms with Gasteiger partial charge in [0, 0.05) is 26.2 Å². The van der Waals surface area contributed by atoms with Crippen LogP contribution in [-0.2, 0) is 4.74 Å². The van der Waals surface area contributed by atoms with Crippen molar-refractivity contribution < 1.29 is 17.9 Å². The van der Waals surface area contributed by atoms with Crippen molar-refractivity contribution in [1.82, 2.24) is 15.1 Å². The molecule has 1 N–H and O–H groups in total. The molecule has 2 unspecified atom stereocenters. The van der Waals surface area contributed by atoms with Crippen molar-refractivity contribution in [2.75, 3.05) is 52.4 Å². The van der Waals surface area contributed by atoms with Gasteiger partial charge in [0.05, 0.1) is 19.7 Å². The first kappa shape index (κ1) is 26.2. The third kappa shape index (κ3) is 7.78. The van der Waals surface area contributed by atoms with Gasteiger partial charge in [-0.2, -0.15) is 13.2 Å². The number of aliphatic imine (C=N–C) groups is 1. The molecule has 0 spiro atoms. The number of alkyl halides is 3. The van der Waals surface area contributed by atoms with Gasteiger partial charge in [0.1, 0.15) is 6.10 Å².